The van der Waals surface area contributed by atoms with Gasteiger partial charge in [0, 0.05) is 24.7 Å². The van der Waals surface area contributed by atoms with Crippen molar-refractivity contribution in [2.45, 2.75) is 19.4 Å². The molecular weight excluding hydrogens is 352 g/mol. The second-order valence-corrected chi connectivity index (χ2v) is 6.87. The number of aromatic nitrogens is 4. The van der Waals surface area contributed by atoms with Crippen LogP contribution in [0.1, 0.15) is 18.4 Å². The number of nitrogens with one attached hydrogen (secondary N) is 2. The summed E-state index contributed by atoms with van der Waals surface area (Å²) >= 11 is 5.99. The fraction of sp³-hybridized carbons (Fsp3) is 0.333. The second-order valence-electron chi connectivity index (χ2n) is 6.43. The van der Waals surface area contributed by atoms with Gasteiger partial charge in [0.15, 0.2) is 11.5 Å². The Morgan fingerprint density at radius 1 is 1.35 bits per heavy atom. The van der Waals surface area contributed by atoms with Gasteiger partial charge in [-0.2, -0.15) is 0 Å². The molecule has 8 heteroatoms. The Hall–Kier alpha value is -2.67. The van der Waals surface area contributed by atoms with Crippen LogP contribution in [0.2, 0.25) is 5.02 Å². The molecule has 2 aromatic heterocycles. The van der Waals surface area contributed by atoms with Crippen molar-refractivity contribution in [1.82, 2.24) is 25.3 Å². The highest BCUT2D eigenvalue weighted by Crippen LogP contribution is 2.25. The lowest BCUT2D eigenvalue weighted by molar-refractivity contribution is -0.125. The molecule has 0 radical (unpaired) electrons. The number of nitrogens with zero attached hydrogens (tertiary/aromatic N) is 4. The van der Waals surface area contributed by atoms with E-state index in [-0.39, 0.29) is 11.8 Å². The second kappa shape index (κ2) is 7.29. The van der Waals surface area contributed by atoms with Crippen LogP contribution >= 0.6 is 11.6 Å². The lowest BCUT2D eigenvalue weighted by Gasteiger charge is -2.32. The van der Waals surface area contributed by atoms with E-state index in [0.29, 0.717) is 23.8 Å². The van der Waals surface area contributed by atoms with Crippen LogP contribution in [0.15, 0.2) is 36.9 Å². The van der Waals surface area contributed by atoms with E-state index in [1.54, 1.807) is 6.33 Å². The van der Waals surface area contributed by atoms with Gasteiger partial charge in [-0.05, 0) is 30.5 Å². The summed E-state index contributed by atoms with van der Waals surface area (Å²) in [6, 6.07) is 7.53. The van der Waals surface area contributed by atoms with Crippen molar-refractivity contribution >= 4 is 34.5 Å². The Morgan fingerprint density at radius 3 is 3.15 bits per heavy atom. The Balaban J connectivity index is 1.43. The minimum Gasteiger partial charge on any atom is -0.354 e. The Bertz CT molecular complexity index is 927. The molecule has 26 heavy (non-hydrogen) atoms. The fourth-order valence-electron chi connectivity index (χ4n) is 3.36. The normalized spacial score (nSPS) is 17.4. The van der Waals surface area contributed by atoms with Gasteiger partial charge in [0.1, 0.15) is 11.8 Å². The number of rotatable bonds is 4. The van der Waals surface area contributed by atoms with Gasteiger partial charge in [-0.3, -0.25) is 4.79 Å². The smallest absolute Gasteiger partial charge is 0.225 e. The molecule has 2 N–H and O–H groups in total. The van der Waals surface area contributed by atoms with Gasteiger partial charge in [-0.15, -0.1) is 0 Å². The minimum absolute atomic E-state index is 0.0598. The van der Waals surface area contributed by atoms with E-state index in [0.717, 1.165) is 36.3 Å². The first-order valence-corrected chi connectivity index (χ1v) is 8.99. The van der Waals surface area contributed by atoms with E-state index in [1.165, 1.54) is 6.33 Å². The first-order valence-electron chi connectivity index (χ1n) is 8.62. The molecule has 0 unspecified atom stereocenters. The first-order chi connectivity index (χ1) is 12.7. The molecule has 0 bridgehead atoms. The number of benzene rings is 1. The number of hydrogen-bond acceptors (Lipinski definition) is 5. The molecule has 0 saturated carbocycles. The topological polar surface area (TPSA) is 86.8 Å². The molecule has 1 atom stereocenters. The Labute approximate surface area is 155 Å². The van der Waals surface area contributed by atoms with Crippen molar-refractivity contribution in [3.63, 3.8) is 0 Å². The van der Waals surface area contributed by atoms with Crippen LogP contribution < -0.4 is 10.2 Å². The average Bonchev–Trinajstić information content (AvgIpc) is 3.15. The quantitative estimate of drug-likeness (QED) is 0.737. The summed E-state index contributed by atoms with van der Waals surface area (Å²) in [5.41, 5.74) is 2.45. The summed E-state index contributed by atoms with van der Waals surface area (Å²) < 4.78 is 0. The molecule has 1 aliphatic rings. The zero-order valence-electron chi connectivity index (χ0n) is 14.2. The zero-order chi connectivity index (χ0) is 17.9. The molecule has 134 valence electrons. The molecule has 1 amide bonds. The van der Waals surface area contributed by atoms with Gasteiger partial charge < -0.3 is 15.2 Å². The molecule has 7 nitrogen and oxygen atoms in total. The highest BCUT2D eigenvalue weighted by atomic mass is 35.5. The van der Waals surface area contributed by atoms with E-state index in [4.69, 9.17) is 11.6 Å². The molecule has 0 spiro atoms. The van der Waals surface area contributed by atoms with Crippen LogP contribution in [0.4, 0.5) is 5.82 Å². The summed E-state index contributed by atoms with van der Waals surface area (Å²) in [7, 11) is 0. The maximum absolute atomic E-state index is 12.6. The predicted octanol–water partition coefficient (Wildman–Crippen LogP) is 2.54. The molecule has 3 heterocycles. The predicted molar refractivity (Wildman–Crippen MR) is 99.9 cm³/mol. The number of H-pyrrole nitrogens is 1. The highest BCUT2D eigenvalue weighted by molar-refractivity contribution is 6.30. The number of halogens is 1. The van der Waals surface area contributed by atoms with Crippen molar-refractivity contribution in [3.05, 3.63) is 47.5 Å². The number of imidazole rings is 1. The number of anilines is 1. The summed E-state index contributed by atoms with van der Waals surface area (Å²) in [6.45, 7) is 1.98. The van der Waals surface area contributed by atoms with Gasteiger partial charge in [0.05, 0.1) is 12.2 Å². The third-order valence-corrected chi connectivity index (χ3v) is 4.89. The monoisotopic (exact) mass is 370 g/mol. The average molecular weight is 371 g/mol. The van der Waals surface area contributed by atoms with Crippen LogP contribution in [0.3, 0.4) is 0 Å². The standard InChI is InChI=1S/C18H19ClN6O/c19-14-5-1-3-12(7-14)8-20-18(26)13-4-2-6-25(9-13)17-15-16(22-10-21-15)23-11-24-17/h1,3,5,7,10-11,13H,2,4,6,8-9H2,(H,20,26)(H,21,22,23,24)/t13-/m1/s1. The van der Waals surface area contributed by atoms with Gasteiger partial charge >= 0.3 is 0 Å². The van der Waals surface area contributed by atoms with Crippen LogP contribution in [0.25, 0.3) is 11.2 Å². The molecule has 4 rings (SSSR count). The van der Waals surface area contributed by atoms with Crippen LogP contribution in [0.5, 0.6) is 0 Å². The molecule has 1 fully saturated rings. The van der Waals surface area contributed by atoms with Crippen LogP contribution in [-0.4, -0.2) is 38.9 Å². The number of carbonyl (C=O) groups excluding carboxylic acids is 1. The summed E-state index contributed by atoms with van der Waals surface area (Å²) in [4.78, 5) is 30.6. The summed E-state index contributed by atoms with van der Waals surface area (Å²) in [5, 5.41) is 3.70. The number of amides is 1. The summed E-state index contributed by atoms with van der Waals surface area (Å²) in [6.07, 6.45) is 4.94. The van der Waals surface area contributed by atoms with Gasteiger partial charge in [-0.1, -0.05) is 23.7 Å². The highest BCUT2D eigenvalue weighted by Gasteiger charge is 2.27. The maximum Gasteiger partial charge on any atom is 0.225 e. The lowest BCUT2D eigenvalue weighted by Crippen LogP contribution is -2.43. The fourth-order valence-corrected chi connectivity index (χ4v) is 3.57. The van der Waals surface area contributed by atoms with E-state index < -0.39 is 0 Å². The number of carbonyl (C=O) groups is 1. The lowest BCUT2D eigenvalue weighted by atomic mass is 9.97. The molecular formula is C18H19ClN6O. The number of aromatic amines is 1. The van der Waals surface area contributed by atoms with Gasteiger partial charge in [-0.25, -0.2) is 15.0 Å². The molecule has 1 aromatic carbocycles. The third-order valence-electron chi connectivity index (χ3n) is 4.65. The van der Waals surface area contributed by atoms with Gasteiger partial charge in [0.25, 0.3) is 0 Å². The SMILES string of the molecule is O=C(NCc1cccc(Cl)c1)[C@@H]1CCCN(c2ncnc3nc[nH]c23)C1. The van der Waals surface area contributed by atoms with Crippen molar-refractivity contribution in [2.24, 2.45) is 5.92 Å². The van der Waals surface area contributed by atoms with Crippen LogP contribution in [0, 0.1) is 5.92 Å². The Morgan fingerprint density at radius 2 is 2.27 bits per heavy atom. The molecule has 3 aromatic rings. The van der Waals surface area contributed by atoms with Crippen molar-refractivity contribution < 1.29 is 4.79 Å². The summed E-state index contributed by atoms with van der Waals surface area (Å²) in [5.74, 6) is 0.792. The molecule has 1 aliphatic heterocycles. The largest absolute Gasteiger partial charge is 0.354 e. The van der Waals surface area contributed by atoms with Gasteiger partial charge in [0.2, 0.25) is 5.91 Å². The van der Waals surface area contributed by atoms with E-state index in [1.807, 2.05) is 24.3 Å². The maximum atomic E-state index is 12.6. The van der Waals surface area contributed by atoms with Crippen LogP contribution in [-0.2, 0) is 11.3 Å². The van der Waals surface area contributed by atoms with E-state index in [9.17, 15) is 4.79 Å². The van der Waals surface area contributed by atoms with Crippen molar-refractivity contribution in [3.8, 4) is 0 Å². The van der Waals surface area contributed by atoms with Crippen molar-refractivity contribution in [1.29, 1.82) is 0 Å². The van der Waals surface area contributed by atoms with E-state index >= 15 is 0 Å². The minimum atomic E-state index is -0.0733. The molecule has 1 saturated heterocycles. The number of fused-ring (bicyclic) bond motifs is 1. The molecule has 0 aliphatic carbocycles. The van der Waals surface area contributed by atoms with Crippen molar-refractivity contribution in [2.75, 3.05) is 18.0 Å². The Kier molecular flexibility index (Phi) is 4.71. The first kappa shape index (κ1) is 16.8. The third kappa shape index (κ3) is 3.48. The van der Waals surface area contributed by atoms with E-state index in [2.05, 4.69) is 30.2 Å². The number of hydrogen-bond donors (Lipinski definition) is 2. The zero-order valence-corrected chi connectivity index (χ0v) is 14.9. The number of piperidine rings is 1.